The molecule has 1 aliphatic carbocycles. The molecule has 0 aliphatic heterocycles. The number of aryl methyl sites for hydroxylation is 1. The van der Waals surface area contributed by atoms with Gasteiger partial charge in [0.15, 0.2) is 0 Å². The SMILES string of the molecule is CCCCCCCC1CCc2cc(-c3ccc(OCC)cc3)ccc2C1. The molecular weight excluding hydrogens is 316 g/mol. The van der Waals surface area contributed by atoms with E-state index in [4.69, 9.17) is 4.74 Å². The second kappa shape index (κ2) is 9.80. The third kappa shape index (κ3) is 5.13. The summed E-state index contributed by atoms with van der Waals surface area (Å²) < 4.78 is 5.55. The van der Waals surface area contributed by atoms with Crippen LogP contribution in [0.5, 0.6) is 5.75 Å². The molecule has 1 heteroatoms. The molecule has 0 fully saturated rings. The molecule has 1 nitrogen and oxygen atoms in total. The van der Waals surface area contributed by atoms with Gasteiger partial charge in [0.05, 0.1) is 6.61 Å². The van der Waals surface area contributed by atoms with Crippen molar-refractivity contribution in [2.45, 2.75) is 71.6 Å². The number of rotatable bonds is 9. The molecule has 0 amide bonds. The van der Waals surface area contributed by atoms with Crippen LogP contribution in [0.4, 0.5) is 0 Å². The summed E-state index contributed by atoms with van der Waals surface area (Å²) in [6, 6.07) is 15.6. The smallest absolute Gasteiger partial charge is 0.119 e. The molecule has 0 saturated heterocycles. The zero-order chi connectivity index (χ0) is 18.2. The number of hydrogen-bond donors (Lipinski definition) is 0. The van der Waals surface area contributed by atoms with Gasteiger partial charge >= 0.3 is 0 Å². The summed E-state index contributed by atoms with van der Waals surface area (Å²) in [6.07, 6.45) is 12.3. The normalized spacial score (nSPS) is 16.3. The van der Waals surface area contributed by atoms with Crippen LogP contribution in [-0.4, -0.2) is 6.61 Å². The fourth-order valence-electron chi connectivity index (χ4n) is 4.20. The van der Waals surface area contributed by atoms with Gasteiger partial charge in [-0.2, -0.15) is 0 Å². The molecule has 1 aliphatic rings. The molecule has 0 bridgehead atoms. The van der Waals surface area contributed by atoms with E-state index in [2.05, 4.69) is 49.4 Å². The Hall–Kier alpha value is -1.76. The predicted octanol–water partition coefficient (Wildman–Crippen LogP) is 7.22. The van der Waals surface area contributed by atoms with Crippen LogP contribution in [0.3, 0.4) is 0 Å². The minimum atomic E-state index is 0.720. The summed E-state index contributed by atoms with van der Waals surface area (Å²) in [5.74, 6) is 1.86. The Morgan fingerprint density at radius 3 is 2.38 bits per heavy atom. The summed E-state index contributed by atoms with van der Waals surface area (Å²) in [5, 5.41) is 0. The van der Waals surface area contributed by atoms with Crippen molar-refractivity contribution in [3.8, 4) is 16.9 Å². The van der Waals surface area contributed by atoms with Gasteiger partial charge in [0, 0.05) is 0 Å². The van der Waals surface area contributed by atoms with Gasteiger partial charge in [-0.25, -0.2) is 0 Å². The molecule has 26 heavy (non-hydrogen) atoms. The van der Waals surface area contributed by atoms with Gasteiger partial charge in [-0.3, -0.25) is 0 Å². The molecule has 0 N–H and O–H groups in total. The number of hydrogen-bond acceptors (Lipinski definition) is 1. The number of benzene rings is 2. The summed E-state index contributed by atoms with van der Waals surface area (Å²) in [4.78, 5) is 0. The first kappa shape index (κ1) is 19.0. The van der Waals surface area contributed by atoms with Crippen molar-refractivity contribution >= 4 is 0 Å². The van der Waals surface area contributed by atoms with Gasteiger partial charge in [0.25, 0.3) is 0 Å². The average molecular weight is 351 g/mol. The van der Waals surface area contributed by atoms with E-state index in [1.807, 2.05) is 6.92 Å². The van der Waals surface area contributed by atoms with Crippen LogP contribution in [0.25, 0.3) is 11.1 Å². The van der Waals surface area contributed by atoms with Gasteiger partial charge in [0.1, 0.15) is 5.75 Å². The van der Waals surface area contributed by atoms with Gasteiger partial charge in [-0.05, 0) is 66.5 Å². The van der Waals surface area contributed by atoms with Crippen LogP contribution >= 0.6 is 0 Å². The van der Waals surface area contributed by atoms with E-state index in [1.165, 1.54) is 68.9 Å². The molecule has 2 aromatic carbocycles. The first-order valence-corrected chi connectivity index (χ1v) is 10.6. The highest BCUT2D eigenvalue weighted by atomic mass is 16.5. The van der Waals surface area contributed by atoms with Crippen molar-refractivity contribution in [1.82, 2.24) is 0 Å². The molecule has 1 atom stereocenters. The minimum absolute atomic E-state index is 0.720. The molecule has 2 aromatic rings. The van der Waals surface area contributed by atoms with E-state index < -0.39 is 0 Å². The maximum Gasteiger partial charge on any atom is 0.119 e. The number of fused-ring (bicyclic) bond motifs is 1. The van der Waals surface area contributed by atoms with E-state index in [0.29, 0.717) is 0 Å². The van der Waals surface area contributed by atoms with Gasteiger partial charge in [-0.1, -0.05) is 75.8 Å². The summed E-state index contributed by atoms with van der Waals surface area (Å²) in [7, 11) is 0. The highest BCUT2D eigenvalue weighted by Crippen LogP contribution is 2.32. The lowest BCUT2D eigenvalue weighted by Gasteiger charge is -2.25. The highest BCUT2D eigenvalue weighted by molar-refractivity contribution is 5.65. The lowest BCUT2D eigenvalue weighted by molar-refractivity contribution is 0.340. The standard InChI is InChI=1S/C25H34O/c1-3-5-6-7-8-9-20-10-11-24-19-23(13-12-22(24)18-20)21-14-16-25(17-15-21)26-4-2/h12-17,19-20H,3-11,18H2,1-2H3. The third-order valence-corrected chi connectivity index (χ3v) is 5.75. The minimum Gasteiger partial charge on any atom is -0.494 e. The molecule has 3 rings (SSSR count). The molecule has 140 valence electrons. The van der Waals surface area contributed by atoms with Crippen LogP contribution in [-0.2, 0) is 12.8 Å². The Morgan fingerprint density at radius 2 is 1.62 bits per heavy atom. The van der Waals surface area contributed by atoms with Crippen LogP contribution in [0.1, 0.15) is 69.9 Å². The van der Waals surface area contributed by atoms with E-state index in [1.54, 1.807) is 11.1 Å². The van der Waals surface area contributed by atoms with Crippen LogP contribution in [0.2, 0.25) is 0 Å². The molecule has 0 radical (unpaired) electrons. The molecule has 0 heterocycles. The molecule has 1 unspecified atom stereocenters. The van der Waals surface area contributed by atoms with Crippen LogP contribution in [0.15, 0.2) is 42.5 Å². The number of unbranched alkanes of at least 4 members (excludes halogenated alkanes) is 4. The molecule has 0 aromatic heterocycles. The van der Waals surface area contributed by atoms with Crippen molar-refractivity contribution in [2.75, 3.05) is 6.61 Å². The van der Waals surface area contributed by atoms with E-state index in [9.17, 15) is 0 Å². The quantitative estimate of drug-likeness (QED) is 0.434. The first-order chi connectivity index (χ1) is 12.8. The van der Waals surface area contributed by atoms with E-state index in [-0.39, 0.29) is 0 Å². The molecule has 0 spiro atoms. The van der Waals surface area contributed by atoms with E-state index in [0.717, 1.165) is 18.3 Å². The van der Waals surface area contributed by atoms with Gasteiger partial charge in [0.2, 0.25) is 0 Å². The van der Waals surface area contributed by atoms with Crippen molar-refractivity contribution < 1.29 is 4.74 Å². The first-order valence-electron chi connectivity index (χ1n) is 10.6. The summed E-state index contributed by atoms with van der Waals surface area (Å²) in [6.45, 7) is 5.04. The van der Waals surface area contributed by atoms with Crippen LogP contribution < -0.4 is 4.74 Å². The Balaban J connectivity index is 1.58. The van der Waals surface area contributed by atoms with E-state index >= 15 is 0 Å². The van der Waals surface area contributed by atoms with Gasteiger partial charge < -0.3 is 4.74 Å². The van der Waals surface area contributed by atoms with Crippen LogP contribution in [0, 0.1) is 5.92 Å². The van der Waals surface area contributed by atoms with Crippen molar-refractivity contribution in [3.05, 3.63) is 53.6 Å². The van der Waals surface area contributed by atoms with Gasteiger partial charge in [-0.15, -0.1) is 0 Å². The predicted molar refractivity (Wildman–Crippen MR) is 112 cm³/mol. The zero-order valence-corrected chi connectivity index (χ0v) is 16.6. The summed E-state index contributed by atoms with van der Waals surface area (Å²) in [5.41, 5.74) is 5.78. The Bertz CT molecular complexity index is 671. The Kier molecular flexibility index (Phi) is 7.17. The maximum atomic E-state index is 5.55. The Morgan fingerprint density at radius 1 is 0.846 bits per heavy atom. The summed E-state index contributed by atoms with van der Waals surface area (Å²) >= 11 is 0. The largest absolute Gasteiger partial charge is 0.494 e. The third-order valence-electron chi connectivity index (χ3n) is 5.75. The second-order valence-electron chi connectivity index (χ2n) is 7.75. The average Bonchev–Trinajstić information content (AvgIpc) is 2.68. The van der Waals surface area contributed by atoms with Crippen molar-refractivity contribution in [1.29, 1.82) is 0 Å². The van der Waals surface area contributed by atoms with Crippen molar-refractivity contribution in [2.24, 2.45) is 5.92 Å². The topological polar surface area (TPSA) is 9.23 Å². The van der Waals surface area contributed by atoms with Crippen molar-refractivity contribution in [3.63, 3.8) is 0 Å². The highest BCUT2D eigenvalue weighted by Gasteiger charge is 2.18. The number of ether oxygens (including phenoxy) is 1. The maximum absolute atomic E-state index is 5.55. The zero-order valence-electron chi connectivity index (χ0n) is 16.6. The fraction of sp³-hybridized carbons (Fsp3) is 0.520. The lowest BCUT2D eigenvalue weighted by Crippen LogP contribution is -2.14. The Labute approximate surface area is 159 Å². The lowest BCUT2D eigenvalue weighted by atomic mass is 9.80. The monoisotopic (exact) mass is 350 g/mol. The molecule has 0 saturated carbocycles. The second-order valence-corrected chi connectivity index (χ2v) is 7.75. The fourth-order valence-corrected chi connectivity index (χ4v) is 4.20. The molecular formula is C25H34O.